The van der Waals surface area contributed by atoms with Gasteiger partial charge in [-0.3, -0.25) is 0 Å². The van der Waals surface area contributed by atoms with Gasteiger partial charge in [-0.25, -0.2) is 4.98 Å². The first-order valence-electron chi connectivity index (χ1n) is 6.15. The van der Waals surface area contributed by atoms with E-state index in [0.29, 0.717) is 11.9 Å². The second kappa shape index (κ2) is 4.49. The van der Waals surface area contributed by atoms with E-state index in [1.54, 1.807) is 7.11 Å². The van der Waals surface area contributed by atoms with E-state index in [1.807, 2.05) is 18.2 Å². The molecule has 0 spiro atoms. The van der Waals surface area contributed by atoms with Gasteiger partial charge < -0.3 is 19.8 Å². The SMILES string of the molecule is COc1ccc2c(c1)nc(N)n2CC1CCOC1. The van der Waals surface area contributed by atoms with Crippen molar-refractivity contribution >= 4 is 17.0 Å². The molecule has 3 rings (SSSR count). The van der Waals surface area contributed by atoms with Crippen molar-refractivity contribution in [2.45, 2.75) is 13.0 Å². The number of hydrogen-bond acceptors (Lipinski definition) is 4. The zero-order chi connectivity index (χ0) is 12.5. The van der Waals surface area contributed by atoms with Gasteiger partial charge in [0.05, 0.1) is 24.8 Å². The van der Waals surface area contributed by atoms with Crippen molar-refractivity contribution in [1.29, 1.82) is 0 Å². The topological polar surface area (TPSA) is 62.3 Å². The normalized spacial score (nSPS) is 19.5. The van der Waals surface area contributed by atoms with Crippen molar-refractivity contribution in [1.82, 2.24) is 9.55 Å². The minimum absolute atomic E-state index is 0.534. The Hall–Kier alpha value is -1.75. The van der Waals surface area contributed by atoms with Crippen molar-refractivity contribution in [2.24, 2.45) is 5.92 Å². The Morgan fingerprint density at radius 1 is 1.56 bits per heavy atom. The molecular formula is C13H17N3O2. The number of fused-ring (bicyclic) bond motifs is 1. The standard InChI is InChI=1S/C13H17N3O2/c1-17-10-2-3-12-11(6-10)15-13(14)16(12)7-9-4-5-18-8-9/h2-3,6,9H,4-5,7-8H2,1H3,(H2,14,15). The molecule has 96 valence electrons. The largest absolute Gasteiger partial charge is 0.497 e. The highest BCUT2D eigenvalue weighted by Crippen LogP contribution is 2.25. The summed E-state index contributed by atoms with van der Waals surface area (Å²) in [5.41, 5.74) is 7.93. The molecule has 0 aliphatic carbocycles. The van der Waals surface area contributed by atoms with Gasteiger partial charge in [-0.2, -0.15) is 0 Å². The average Bonchev–Trinajstić information content (AvgIpc) is 2.98. The smallest absolute Gasteiger partial charge is 0.201 e. The third-order valence-corrected chi connectivity index (χ3v) is 3.45. The first kappa shape index (κ1) is 11.3. The van der Waals surface area contributed by atoms with Gasteiger partial charge in [-0.15, -0.1) is 0 Å². The zero-order valence-electron chi connectivity index (χ0n) is 10.4. The van der Waals surface area contributed by atoms with E-state index < -0.39 is 0 Å². The summed E-state index contributed by atoms with van der Waals surface area (Å²) in [5.74, 6) is 1.90. The number of nitrogens with zero attached hydrogens (tertiary/aromatic N) is 2. The van der Waals surface area contributed by atoms with Gasteiger partial charge in [-0.05, 0) is 18.6 Å². The molecular weight excluding hydrogens is 230 g/mol. The van der Waals surface area contributed by atoms with Gasteiger partial charge in [0.15, 0.2) is 0 Å². The maximum absolute atomic E-state index is 5.99. The van der Waals surface area contributed by atoms with Crippen molar-refractivity contribution < 1.29 is 9.47 Å². The molecule has 1 aliphatic heterocycles. The van der Waals surface area contributed by atoms with Crippen molar-refractivity contribution in [3.63, 3.8) is 0 Å². The van der Waals surface area contributed by atoms with Crippen molar-refractivity contribution in [3.05, 3.63) is 18.2 Å². The van der Waals surface area contributed by atoms with E-state index in [0.717, 1.165) is 43.0 Å². The predicted octanol–water partition coefficient (Wildman–Crippen LogP) is 1.66. The Morgan fingerprint density at radius 3 is 3.17 bits per heavy atom. The second-order valence-corrected chi connectivity index (χ2v) is 4.66. The fraction of sp³-hybridized carbons (Fsp3) is 0.462. The summed E-state index contributed by atoms with van der Waals surface area (Å²) in [6, 6.07) is 5.85. The number of methoxy groups -OCH3 is 1. The Labute approximate surface area is 106 Å². The first-order valence-corrected chi connectivity index (χ1v) is 6.15. The lowest BCUT2D eigenvalue weighted by Crippen LogP contribution is -2.12. The molecule has 0 saturated carbocycles. The van der Waals surface area contributed by atoms with Gasteiger partial charge in [0.2, 0.25) is 5.95 Å². The van der Waals surface area contributed by atoms with E-state index in [4.69, 9.17) is 15.2 Å². The molecule has 5 heteroatoms. The summed E-state index contributed by atoms with van der Waals surface area (Å²) in [5, 5.41) is 0. The molecule has 2 heterocycles. The molecule has 2 N–H and O–H groups in total. The highest BCUT2D eigenvalue weighted by molar-refractivity contribution is 5.79. The van der Waals surface area contributed by atoms with E-state index >= 15 is 0 Å². The van der Waals surface area contributed by atoms with Crippen LogP contribution in [-0.2, 0) is 11.3 Å². The molecule has 1 unspecified atom stereocenters. The van der Waals surface area contributed by atoms with Gasteiger partial charge in [-0.1, -0.05) is 0 Å². The van der Waals surface area contributed by atoms with Crippen LogP contribution in [0.4, 0.5) is 5.95 Å². The molecule has 5 nitrogen and oxygen atoms in total. The second-order valence-electron chi connectivity index (χ2n) is 4.66. The lowest BCUT2D eigenvalue weighted by Gasteiger charge is -2.11. The summed E-state index contributed by atoms with van der Waals surface area (Å²) >= 11 is 0. The van der Waals surface area contributed by atoms with Gasteiger partial charge in [0, 0.05) is 25.1 Å². The number of anilines is 1. The molecule has 1 saturated heterocycles. The molecule has 0 bridgehead atoms. The quantitative estimate of drug-likeness (QED) is 0.896. The van der Waals surface area contributed by atoms with Crippen LogP contribution in [-0.4, -0.2) is 29.9 Å². The summed E-state index contributed by atoms with van der Waals surface area (Å²) in [7, 11) is 1.65. The summed E-state index contributed by atoms with van der Waals surface area (Å²) in [6.07, 6.45) is 1.09. The van der Waals surface area contributed by atoms with Crippen LogP contribution in [0.5, 0.6) is 5.75 Å². The number of hydrogen-bond donors (Lipinski definition) is 1. The highest BCUT2D eigenvalue weighted by atomic mass is 16.5. The predicted molar refractivity (Wildman–Crippen MR) is 69.6 cm³/mol. The molecule has 0 radical (unpaired) electrons. The van der Waals surface area contributed by atoms with E-state index in [-0.39, 0.29) is 0 Å². The maximum Gasteiger partial charge on any atom is 0.201 e. The van der Waals surface area contributed by atoms with Crippen LogP contribution < -0.4 is 10.5 Å². The van der Waals surface area contributed by atoms with Gasteiger partial charge in [0.25, 0.3) is 0 Å². The number of rotatable bonds is 3. The minimum Gasteiger partial charge on any atom is -0.497 e. The van der Waals surface area contributed by atoms with E-state index in [1.165, 1.54) is 0 Å². The monoisotopic (exact) mass is 247 g/mol. The Balaban J connectivity index is 1.97. The van der Waals surface area contributed by atoms with Gasteiger partial charge >= 0.3 is 0 Å². The first-order chi connectivity index (χ1) is 8.78. The molecule has 1 aromatic carbocycles. The van der Waals surface area contributed by atoms with Crippen molar-refractivity contribution in [3.8, 4) is 5.75 Å². The Bertz CT molecular complexity index is 559. The van der Waals surface area contributed by atoms with Crippen molar-refractivity contribution in [2.75, 3.05) is 26.1 Å². The third-order valence-electron chi connectivity index (χ3n) is 3.45. The van der Waals surface area contributed by atoms with E-state index in [2.05, 4.69) is 9.55 Å². The van der Waals surface area contributed by atoms with Crippen LogP contribution in [0, 0.1) is 5.92 Å². The average molecular weight is 247 g/mol. The number of aromatic nitrogens is 2. The number of ether oxygens (including phenoxy) is 2. The number of imidazole rings is 1. The molecule has 0 amide bonds. The number of nitrogen functional groups attached to an aromatic ring is 1. The summed E-state index contributed by atoms with van der Waals surface area (Å²) in [6.45, 7) is 2.54. The van der Waals surface area contributed by atoms with Crippen LogP contribution >= 0.6 is 0 Å². The zero-order valence-corrected chi connectivity index (χ0v) is 10.4. The summed E-state index contributed by atoms with van der Waals surface area (Å²) in [4.78, 5) is 4.38. The fourth-order valence-electron chi connectivity index (χ4n) is 2.43. The molecule has 1 aromatic heterocycles. The Kier molecular flexibility index (Phi) is 2.83. The summed E-state index contributed by atoms with van der Waals surface area (Å²) < 4.78 is 12.7. The lowest BCUT2D eigenvalue weighted by atomic mass is 10.1. The van der Waals surface area contributed by atoms with Crippen LogP contribution in [0.2, 0.25) is 0 Å². The number of nitrogens with two attached hydrogens (primary N) is 1. The van der Waals surface area contributed by atoms with Crippen LogP contribution in [0.1, 0.15) is 6.42 Å². The van der Waals surface area contributed by atoms with Crippen LogP contribution in [0.15, 0.2) is 18.2 Å². The highest BCUT2D eigenvalue weighted by Gasteiger charge is 2.19. The van der Waals surface area contributed by atoms with Gasteiger partial charge in [0.1, 0.15) is 5.75 Å². The molecule has 18 heavy (non-hydrogen) atoms. The molecule has 1 atom stereocenters. The third kappa shape index (κ3) is 1.90. The van der Waals surface area contributed by atoms with Crippen LogP contribution in [0.3, 0.4) is 0 Å². The number of benzene rings is 1. The maximum atomic E-state index is 5.99. The molecule has 1 fully saturated rings. The van der Waals surface area contributed by atoms with E-state index in [9.17, 15) is 0 Å². The fourth-order valence-corrected chi connectivity index (χ4v) is 2.43. The minimum atomic E-state index is 0.534. The lowest BCUT2D eigenvalue weighted by molar-refractivity contribution is 0.183. The molecule has 1 aliphatic rings. The van der Waals surface area contributed by atoms with Crippen LogP contribution in [0.25, 0.3) is 11.0 Å². The Morgan fingerprint density at radius 2 is 2.44 bits per heavy atom. The molecule has 2 aromatic rings.